The van der Waals surface area contributed by atoms with Gasteiger partial charge in [0.15, 0.2) is 5.82 Å². The standard InChI is InChI=1S/C25H24N6O3/c1-16-8-9-18(30-23-21(25(33)34-2)17(14-26)10-13-29-23)15-31(16)24(32)20-7-4-3-6-19(20)22-27-11-5-12-28-22/h3-7,10-13,16,18H,8-9,15H2,1-2H3,(H,29,30)/t16-,18-/m1/s1. The summed E-state index contributed by atoms with van der Waals surface area (Å²) in [5.74, 6) is 0.0111. The van der Waals surface area contributed by atoms with Crippen LogP contribution < -0.4 is 5.32 Å². The van der Waals surface area contributed by atoms with Crippen LogP contribution in [0, 0.1) is 11.3 Å². The van der Waals surface area contributed by atoms with E-state index in [1.165, 1.54) is 19.4 Å². The number of nitriles is 1. The van der Waals surface area contributed by atoms with Gasteiger partial charge in [-0.15, -0.1) is 0 Å². The Kier molecular flexibility index (Phi) is 6.78. The van der Waals surface area contributed by atoms with E-state index < -0.39 is 5.97 Å². The van der Waals surface area contributed by atoms with Gasteiger partial charge in [-0.1, -0.05) is 18.2 Å². The maximum atomic E-state index is 13.6. The molecule has 1 aliphatic rings. The van der Waals surface area contributed by atoms with Crippen molar-refractivity contribution >= 4 is 17.7 Å². The summed E-state index contributed by atoms with van der Waals surface area (Å²) in [5, 5.41) is 12.7. The molecule has 1 N–H and O–H groups in total. The SMILES string of the molecule is COC(=O)c1c(C#N)ccnc1N[C@@H]1CC[C@@H](C)N(C(=O)c2ccccc2-c2ncccn2)C1. The molecule has 3 aromatic rings. The van der Waals surface area contributed by atoms with Crippen LogP contribution in [0.2, 0.25) is 0 Å². The van der Waals surface area contributed by atoms with Gasteiger partial charge in [-0.3, -0.25) is 4.79 Å². The number of esters is 1. The number of hydrogen-bond donors (Lipinski definition) is 1. The van der Waals surface area contributed by atoms with E-state index in [1.54, 1.807) is 24.5 Å². The Labute approximate surface area is 197 Å². The van der Waals surface area contributed by atoms with Crippen LogP contribution in [0.5, 0.6) is 0 Å². The molecule has 9 nitrogen and oxygen atoms in total. The first kappa shape index (κ1) is 22.9. The molecule has 1 fully saturated rings. The van der Waals surface area contributed by atoms with Gasteiger partial charge in [0.05, 0.1) is 18.2 Å². The molecule has 34 heavy (non-hydrogen) atoms. The van der Waals surface area contributed by atoms with E-state index in [0.29, 0.717) is 23.5 Å². The van der Waals surface area contributed by atoms with Gasteiger partial charge in [0.1, 0.15) is 17.5 Å². The molecular weight excluding hydrogens is 432 g/mol. The third kappa shape index (κ3) is 4.57. The van der Waals surface area contributed by atoms with Gasteiger partial charge >= 0.3 is 5.97 Å². The highest BCUT2D eigenvalue weighted by molar-refractivity contribution is 6.00. The predicted molar refractivity (Wildman–Crippen MR) is 125 cm³/mol. The number of benzene rings is 1. The lowest BCUT2D eigenvalue weighted by Crippen LogP contribution is -2.50. The second kappa shape index (κ2) is 10.1. The van der Waals surface area contributed by atoms with E-state index in [1.807, 2.05) is 36.1 Å². The quantitative estimate of drug-likeness (QED) is 0.581. The van der Waals surface area contributed by atoms with E-state index in [2.05, 4.69) is 20.3 Å². The highest BCUT2D eigenvalue weighted by atomic mass is 16.5. The Morgan fingerprint density at radius 3 is 2.59 bits per heavy atom. The topological polar surface area (TPSA) is 121 Å². The number of nitrogens with one attached hydrogen (secondary N) is 1. The number of nitrogens with zero attached hydrogens (tertiary/aromatic N) is 5. The van der Waals surface area contributed by atoms with Gasteiger partial charge in [0.2, 0.25) is 0 Å². The van der Waals surface area contributed by atoms with E-state index in [9.17, 15) is 14.9 Å². The first-order chi connectivity index (χ1) is 16.5. The van der Waals surface area contributed by atoms with Crippen LogP contribution in [0.1, 0.15) is 46.0 Å². The number of rotatable bonds is 5. The Morgan fingerprint density at radius 2 is 1.85 bits per heavy atom. The lowest BCUT2D eigenvalue weighted by Gasteiger charge is -2.39. The summed E-state index contributed by atoms with van der Waals surface area (Å²) in [4.78, 5) is 40.6. The van der Waals surface area contributed by atoms with Gasteiger partial charge in [-0.2, -0.15) is 5.26 Å². The molecule has 0 unspecified atom stereocenters. The molecule has 2 atom stereocenters. The fraction of sp³-hybridized carbons (Fsp3) is 0.280. The zero-order valence-corrected chi connectivity index (χ0v) is 18.9. The Hall–Kier alpha value is -4.32. The summed E-state index contributed by atoms with van der Waals surface area (Å²) in [6, 6.07) is 12.4. The molecule has 1 aliphatic heterocycles. The van der Waals surface area contributed by atoms with Crippen molar-refractivity contribution < 1.29 is 14.3 Å². The average Bonchev–Trinajstić information content (AvgIpc) is 2.89. The number of pyridine rings is 1. The maximum absolute atomic E-state index is 13.6. The van der Waals surface area contributed by atoms with Gasteiger partial charge in [0.25, 0.3) is 5.91 Å². The first-order valence-corrected chi connectivity index (χ1v) is 10.9. The second-order valence-corrected chi connectivity index (χ2v) is 8.03. The zero-order valence-electron chi connectivity index (χ0n) is 18.9. The molecule has 1 amide bonds. The highest BCUT2D eigenvalue weighted by Crippen LogP contribution is 2.27. The summed E-state index contributed by atoms with van der Waals surface area (Å²) >= 11 is 0. The van der Waals surface area contributed by atoms with Crippen molar-refractivity contribution in [3.05, 3.63) is 71.7 Å². The number of carbonyl (C=O) groups excluding carboxylic acids is 2. The van der Waals surface area contributed by atoms with Crippen molar-refractivity contribution in [3.63, 3.8) is 0 Å². The largest absolute Gasteiger partial charge is 0.465 e. The van der Waals surface area contributed by atoms with Crippen LogP contribution >= 0.6 is 0 Å². The number of piperidine rings is 1. The Balaban J connectivity index is 1.60. The molecule has 0 radical (unpaired) electrons. The van der Waals surface area contributed by atoms with E-state index in [4.69, 9.17) is 4.74 Å². The van der Waals surface area contributed by atoms with Crippen LogP contribution in [0.4, 0.5) is 5.82 Å². The third-order valence-corrected chi connectivity index (χ3v) is 5.91. The molecule has 1 saturated heterocycles. The number of aromatic nitrogens is 3. The minimum Gasteiger partial charge on any atom is -0.465 e. The molecular formula is C25H24N6O3. The first-order valence-electron chi connectivity index (χ1n) is 10.9. The van der Waals surface area contributed by atoms with Gasteiger partial charge in [0, 0.05) is 42.8 Å². The molecule has 1 aromatic carbocycles. The molecule has 2 aromatic heterocycles. The monoisotopic (exact) mass is 456 g/mol. The normalized spacial score (nSPS) is 17.5. The van der Waals surface area contributed by atoms with Gasteiger partial charge in [-0.25, -0.2) is 19.7 Å². The fourth-order valence-corrected chi connectivity index (χ4v) is 4.13. The lowest BCUT2D eigenvalue weighted by atomic mass is 9.96. The molecule has 0 aliphatic carbocycles. The van der Waals surface area contributed by atoms with E-state index in [-0.39, 0.29) is 34.9 Å². The minimum absolute atomic E-state index is 0.0220. The van der Waals surface area contributed by atoms with Crippen molar-refractivity contribution in [2.75, 3.05) is 19.0 Å². The molecule has 172 valence electrons. The van der Waals surface area contributed by atoms with Crippen molar-refractivity contribution in [1.29, 1.82) is 5.26 Å². The van der Waals surface area contributed by atoms with E-state index in [0.717, 1.165) is 12.8 Å². The van der Waals surface area contributed by atoms with Crippen LogP contribution in [0.3, 0.4) is 0 Å². The molecule has 0 bridgehead atoms. The number of carbonyl (C=O) groups is 2. The van der Waals surface area contributed by atoms with Gasteiger partial charge in [-0.05, 0) is 38.0 Å². The van der Waals surface area contributed by atoms with Crippen LogP contribution in [0.15, 0.2) is 55.0 Å². The third-order valence-electron chi connectivity index (χ3n) is 5.91. The number of ether oxygens (including phenoxy) is 1. The Morgan fingerprint density at radius 1 is 1.09 bits per heavy atom. The van der Waals surface area contributed by atoms with E-state index >= 15 is 0 Å². The number of hydrogen-bond acceptors (Lipinski definition) is 8. The number of likely N-dealkylation sites (tertiary alicyclic amines) is 1. The summed E-state index contributed by atoms with van der Waals surface area (Å²) < 4.78 is 4.85. The fourth-order valence-electron chi connectivity index (χ4n) is 4.13. The zero-order chi connectivity index (χ0) is 24.1. The average molecular weight is 457 g/mol. The minimum atomic E-state index is -0.638. The maximum Gasteiger partial charge on any atom is 0.342 e. The lowest BCUT2D eigenvalue weighted by molar-refractivity contribution is 0.0594. The number of anilines is 1. The number of methoxy groups -OCH3 is 1. The molecule has 9 heteroatoms. The van der Waals surface area contributed by atoms with Gasteiger partial charge < -0.3 is 15.0 Å². The number of amides is 1. The Bertz CT molecular complexity index is 1240. The van der Waals surface area contributed by atoms with Crippen LogP contribution in [-0.2, 0) is 4.74 Å². The molecule has 0 saturated carbocycles. The van der Waals surface area contributed by atoms with Crippen LogP contribution in [-0.4, -0.2) is 57.5 Å². The molecule has 3 heterocycles. The second-order valence-electron chi connectivity index (χ2n) is 8.03. The van der Waals surface area contributed by atoms with Crippen LogP contribution in [0.25, 0.3) is 11.4 Å². The summed E-state index contributed by atoms with van der Waals surface area (Å²) in [6.07, 6.45) is 6.30. The van der Waals surface area contributed by atoms with Crippen molar-refractivity contribution in [2.45, 2.75) is 31.8 Å². The smallest absolute Gasteiger partial charge is 0.342 e. The summed E-state index contributed by atoms with van der Waals surface area (Å²) in [7, 11) is 1.26. The molecule has 4 rings (SSSR count). The molecule has 0 spiro atoms. The van der Waals surface area contributed by atoms with Crippen molar-refractivity contribution in [1.82, 2.24) is 19.9 Å². The summed E-state index contributed by atoms with van der Waals surface area (Å²) in [5.41, 5.74) is 1.47. The predicted octanol–water partition coefficient (Wildman–Crippen LogP) is 3.30. The van der Waals surface area contributed by atoms with Crippen molar-refractivity contribution in [3.8, 4) is 17.5 Å². The highest BCUT2D eigenvalue weighted by Gasteiger charge is 2.32. The van der Waals surface area contributed by atoms with Crippen molar-refractivity contribution in [2.24, 2.45) is 0 Å². The summed E-state index contributed by atoms with van der Waals surface area (Å²) in [6.45, 7) is 2.42.